The van der Waals surface area contributed by atoms with Gasteiger partial charge in [0, 0.05) is 12.0 Å². The quantitative estimate of drug-likeness (QED) is 0.750. The summed E-state index contributed by atoms with van der Waals surface area (Å²) < 4.78 is 38.1. The van der Waals surface area contributed by atoms with E-state index in [0.29, 0.717) is 32.1 Å². The van der Waals surface area contributed by atoms with Crippen LogP contribution in [0.3, 0.4) is 0 Å². The highest BCUT2D eigenvalue weighted by Gasteiger charge is 2.45. The Morgan fingerprint density at radius 3 is 2.31 bits per heavy atom. The maximum atomic E-state index is 14.0. The van der Waals surface area contributed by atoms with Crippen molar-refractivity contribution in [3.05, 3.63) is 35.4 Å². The predicted molar refractivity (Wildman–Crippen MR) is 89.9 cm³/mol. The van der Waals surface area contributed by atoms with Gasteiger partial charge in [0.2, 0.25) is 0 Å². The molecule has 2 aliphatic heterocycles. The summed E-state index contributed by atoms with van der Waals surface area (Å²) in [6.07, 6.45) is 0.311. The number of ether oxygens (including phenoxy) is 2. The monoisotopic (exact) mass is 367 g/mol. The van der Waals surface area contributed by atoms with Crippen LogP contribution >= 0.6 is 0 Å². The van der Waals surface area contributed by atoms with E-state index in [-0.39, 0.29) is 23.4 Å². The molecule has 1 aromatic carbocycles. The maximum absolute atomic E-state index is 14.0. The average molecular weight is 367 g/mol. The molecule has 26 heavy (non-hydrogen) atoms. The predicted octanol–water partition coefficient (Wildman–Crippen LogP) is 3.56. The molecule has 2 bridgehead atoms. The van der Waals surface area contributed by atoms with Crippen molar-refractivity contribution in [3.8, 4) is 0 Å². The van der Waals surface area contributed by atoms with Crippen molar-refractivity contribution in [1.29, 1.82) is 0 Å². The van der Waals surface area contributed by atoms with Gasteiger partial charge < -0.3 is 9.47 Å². The molecule has 1 aromatic rings. The van der Waals surface area contributed by atoms with Gasteiger partial charge in [-0.2, -0.15) is 0 Å². The first kappa shape index (κ1) is 18.8. The van der Waals surface area contributed by atoms with Crippen LogP contribution in [0.15, 0.2) is 18.2 Å². The summed E-state index contributed by atoms with van der Waals surface area (Å²) in [5, 5.41) is 0. The Morgan fingerprint density at radius 1 is 1.15 bits per heavy atom. The SMILES string of the molecule is CC(C)(C)OC(=O)N1C2COCC1CC(C(=O)c1ccc(F)cc1F)C2. The lowest BCUT2D eigenvalue weighted by Crippen LogP contribution is -2.60. The number of fused-ring (bicyclic) bond motifs is 2. The normalized spacial score (nSPS) is 25.7. The number of rotatable bonds is 2. The van der Waals surface area contributed by atoms with Gasteiger partial charge in [-0.1, -0.05) is 0 Å². The van der Waals surface area contributed by atoms with Crippen molar-refractivity contribution in [2.45, 2.75) is 51.3 Å². The standard InChI is InChI=1S/C19H23F2NO4/c1-19(2,3)26-18(24)22-13-6-11(7-14(22)10-25-9-13)17(23)15-5-4-12(20)8-16(15)21/h4-5,8,11,13-14H,6-7,9-10H2,1-3H3. The zero-order valence-corrected chi connectivity index (χ0v) is 15.1. The van der Waals surface area contributed by atoms with Crippen LogP contribution in [0.2, 0.25) is 0 Å². The Bertz CT molecular complexity index is 702. The number of benzene rings is 1. The van der Waals surface area contributed by atoms with Crippen molar-refractivity contribution < 1.29 is 27.8 Å². The molecule has 0 spiro atoms. The molecule has 0 aliphatic carbocycles. The topological polar surface area (TPSA) is 55.8 Å². The van der Waals surface area contributed by atoms with Gasteiger partial charge >= 0.3 is 6.09 Å². The Balaban J connectivity index is 1.77. The minimum atomic E-state index is -0.856. The van der Waals surface area contributed by atoms with Crippen LogP contribution in [0.5, 0.6) is 0 Å². The maximum Gasteiger partial charge on any atom is 0.410 e. The van der Waals surface area contributed by atoms with Crippen molar-refractivity contribution in [2.24, 2.45) is 5.92 Å². The number of halogens is 2. The lowest BCUT2D eigenvalue weighted by molar-refractivity contribution is -0.0861. The number of hydrogen-bond acceptors (Lipinski definition) is 4. The number of Topliss-reactive ketones (excluding diaryl/α,β-unsaturated/α-hetero) is 1. The van der Waals surface area contributed by atoms with E-state index in [1.54, 1.807) is 25.7 Å². The third kappa shape index (κ3) is 3.87. The van der Waals surface area contributed by atoms with Crippen LogP contribution < -0.4 is 0 Å². The molecule has 7 heteroatoms. The van der Waals surface area contributed by atoms with Crippen molar-refractivity contribution in [3.63, 3.8) is 0 Å². The van der Waals surface area contributed by atoms with E-state index >= 15 is 0 Å². The van der Waals surface area contributed by atoms with Gasteiger partial charge in [-0.15, -0.1) is 0 Å². The van der Waals surface area contributed by atoms with Gasteiger partial charge in [-0.05, 0) is 45.7 Å². The molecule has 0 aromatic heterocycles. The molecule has 2 aliphatic rings. The largest absolute Gasteiger partial charge is 0.444 e. The summed E-state index contributed by atoms with van der Waals surface area (Å²) in [6, 6.07) is 2.38. The third-order valence-electron chi connectivity index (χ3n) is 4.69. The molecule has 2 saturated heterocycles. The minimum absolute atomic E-state index is 0.110. The fourth-order valence-electron chi connectivity index (χ4n) is 3.65. The Labute approximate surface area is 151 Å². The van der Waals surface area contributed by atoms with E-state index in [9.17, 15) is 18.4 Å². The fraction of sp³-hybridized carbons (Fsp3) is 0.579. The second-order valence-corrected chi connectivity index (χ2v) is 7.89. The number of hydrogen-bond donors (Lipinski definition) is 0. The van der Waals surface area contributed by atoms with E-state index < -0.39 is 29.2 Å². The second kappa shape index (κ2) is 6.95. The van der Waals surface area contributed by atoms with Gasteiger partial charge in [0.25, 0.3) is 0 Å². The molecule has 2 heterocycles. The van der Waals surface area contributed by atoms with E-state index in [2.05, 4.69) is 0 Å². The number of piperidine rings is 1. The number of morpholine rings is 1. The molecule has 142 valence electrons. The minimum Gasteiger partial charge on any atom is -0.444 e. The average Bonchev–Trinajstić information content (AvgIpc) is 2.51. The number of carbonyl (C=O) groups excluding carboxylic acids is 2. The van der Waals surface area contributed by atoms with Crippen molar-refractivity contribution in [1.82, 2.24) is 4.90 Å². The number of ketones is 1. The molecule has 2 fully saturated rings. The number of carbonyl (C=O) groups is 2. The molecule has 0 N–H and O–H groups in total. The molecule has 3 rings (SSSR count). The van der Waals surface area contributed by atoms with Gasteiger partial charge in [0.15, 0.2) is 5.78 Å². The Morgan fingerprint density at radius 2 is 1.77 bits per heavy atom. The van der Waals surface area contributed by atoms with Gasteiger partial charge in [-0.25, -0.2) is 13.6 Å². The van der Waals surface area contributed by atoms with Crippen molar-refractivity contribution in [2.75, 3.05) is 13.2 Å². The highest BCUT2D eigenvalue weighted by molar-refractivity contribution is 5.98. The number of amides is 1. The molecular weight excluding hydrogens is 344 g/mol. The summed E-state index contributed by atoms with van der Waals surface area (Å²) in [4.78, 5) is 26.9. The van der Waals surface area contributed by atoms with E-state index in [1.165, 1.54) is 6.07 Å². The van der Waals surface area contributed by atoms with Crippen LogP contribution in [0.4, 0.5) is 13.6 Å². The first-order valence-corrected chi connectivity index (χ1v) is 8.74. The third-order valence-corrected chi connectivity index (χ3v) is 4.69. The van der Waals surface area contributed by atoms with Gasteiger partial charge in [0.05, 0.1) is 30.9 Å². The second-order valence-electron chi connectivity index (χ2n) is 7.89. The molecular formula is C19H23F2NO4. The van der Waals surface area contributed by atoms with Crippen LogP contribution in [-0.2, 0) is 9.47 Å². The highest BCUT2D eigenvalue weighted by atomic mass is 19.1. The molecule has 2 atom stereocenters. The van der Waals surface area contributed by atoms with Gasteiger partial charge in [0.1, 0.15) is 17.2 Å². The zero-order chi connectivity index (χ0) is 19.1. The lowest BCUT2D eigenvalue weighted by Gasteiger charge is -2.47. The Kier molecular flexibility index (Phi) is 5.01. The van der Waals surface area contributed by atoms with E-state index in [4.69, 9.17) is 9.47 Å². The highest BCUT2D eigenvalue weighted by Crippen LogP contribution is 2.35. The molecule has 5 nitrogen and oxygen atoms in total. The lowest BCUT2D eigenvalue weighted by atomic mass is 9.80. The van der Waals surface area contributed by atoms with Crippen LogP contribution in [-0.4, -0.2) is 47.7 Å². The summed E-state index contributed by atoms with van der Waals surface area (Å²) in [7, 11) is 0. The van der Waals surface area contributed by atoms with E-state index in [0.717, 1.165) is 6.07 Å². The first-order chi connectivity index (χ1) is 12.2. The fourth-order valence-corrected chi connectivity index (χ4v) is 3.65. The molecule has 1 amide bonds. The van der Waals surface area contributed by atoms with Crippen LogP contribution in [0.25, 0.3) is 0 Å². The Hall–Kier alpha value is -2.02. The zero-order valence-electron chi connectivity index (χ0n) is 15.1. The van der Waals surface area contributed by atoms with E-state index in [1.807, 2.05) is 0 Å². The molecule has 0 radical (unpaired) electrons. The van der Waals surface area contributed by atoms with Crippen LogP contribution in [0.1, 0.15) is 44.0 Å². The summed E-state index contributed by atoms with van der Waals surface area (Å²) in [6.45, 7) is 6.01. The first-order valence-electron chi connectivity index (χ1n) is 8.74. The smallest absolute Gasteiger partial charge is 0.410 e. The molecule has 0 saturated carbocycles. The summed E-state index contributed by atoms with van der Waals surface area (Å²) >= 11 is 0. The van der Waals surface area contributed by atoms with Crippen molar-refractivity contribution >= 4 is 11.9 Å². The summed E-state index contributed by atoms with van der Waals surface area (Å²) in [5.74, 6) is -2.37. The number of nitrogens with zero attached hydrogens (tertiary/aromatic N) is 1. The van der Waals surface area contributed by atoms with Gasteiger partial charge in [-0.3, -0.25) is 9.69 Å². The summed E-state index contributed by atoms with van der Waals surface area (Å²) in [5.41, 5.74) is -0.725. The molecule has 2 unspecified atom stereocenters. The van der Waals surface area contributed by atoms with Crippen LogP contribution in [0, 0.1) is 17.6 Å².